The molecule has 0 bridgehead atoms. The number of nitrogens with two attached hydrogens (primary N) is 1. The van der Waals surface area contributed by atoms with Gasteiger partial charge in [0.15, 0.2) is 0 Å². The number of aryl methyl sites for hydroxylation is 1. The Morgan fingerprint density at radius 3 is 2.84 bits per heavy atom. The van der Waals surface area contributed by atoms with Gasteiger partial charge in [0, 0.05) is 24.8 Å². The van der Waals surface area contributed by atoms with Crippen molar-refractivity contribution in [2.45, 2.75) is 38.6 Å². The van der Waals surface area contributed by atoms with Crippen molar-refractivity contribution in [3.63, 3.8) is 0 Å². The van der Waals surface area contributed by atoms with Gasteiger partial charge in [-0.15, -0.1) is 0 Å². The van der Waals surface area contributed by atoms with Crippen LogP contribution in [0.5, 0.6) is 0 Å². The number of hydrogen-bond donors (Lipinski definition) is 1. The minimum Gasteiger partial charge on any atom is -0.324 e. The molecule has 100 valence electrons. The van der Waals surface area contributed by atoms with E-state index in [2.05, 4.69) is 43.3 Å². The van der Waals surface area contributed by atoms with E-state index in [9.17, 15) is 0 Å². The molecule has 2 N–H and O–H groups in total. The minimum absolute atomic E-state index is 0.203. The summed E-state index contributed by atoms with van der Waals surface area (Å²) in [6.45, 7) is 4.39. The minimum atomic E-state index is 0.203. The molecule has 1 aromatic heterocycles. The Bertz CT molecular complexity index is 610. The highest BCUT2D eigenvalue weighted by Gasteiger charge is 2.24. The molecule has 1 aromatic carbocycles. The molecule has 0 radical (unpaired) electrons. The summed E-state index contributed by atoms with van der Waals surface area (Å²) in [6.07, 6.45) is 4.28. The fraction of sp³-hybridized carbons (Fsp3) is 0.438. The first-order valence-electron chi connectivity index (χ1n) is 6.99. The highest BCUT2D eigenvalue weighted by molar-refractivity contribution is 5.72. The van der Waals surface area contributed by atoms with Gasteiger partial charge in [-0.2, -0.15) is 5.10 Å². The van der Waals surface area contributed by atoms with Crippen LogP contribution < -0.4 is 5.73 Å². The van der Waals surface area contributed by atoms with Crippen LogP contribution in [0.2, 0.25) is 0 Å². The largest absolute Gasteiger partial charge is 0.324 e. The van der Waals surface area contributed by atoms with Gasteiger partial charge in [0.05, 0.1) is 5.69 Å². The average molecular weight is 255 g/mol. The number of hydrogen-bond acceptors (Lipinski definition) is 2. The first-order chi connectivity index (χ1) is 9.08. The fourth-order valence-electron chi connectivity index (χ4n) is 3.08. The summed E-state index contributed by atoms with van der Waals surface area (Å²) in [5, 5.41) is 4.62. The van der Waals surface area contributed by atoms with Crippen LogP contribution >= 0.6 is 0 Å². The van der Waals surface area contributed by atoms with Gasteiger partial charge < -0.3 is 5.73 Å². The van der Waals surface area contributed by atoms with Crippen molar-refractivity contribution in [1.29, 1.82) is 0 Å². The van der Waals surface area contributed by atoms with Crippen LogP contribution in [-0.2, 0) is 13.5 Å². The molecule has 3 nitrogen and oxygen atoms in total. The van der Waals surface area contributed by atoms with Crippen molar-refractivity contribution in [2.24, 2.45) is 12.8 Å². The first kappa shape index (κ1) is 12.4. The van der Waals surface area contributed by atoms with Gasteiger partial charge >= 0.3 is 0 Å². The van der Waals surface area contributed by atoms with Gasteiger partial charge in [0.2, 0.25) is 0 Å². The second-order valence-electron chi connectivity index (χ2n) is 5.77. The molecule has 0 aliphatic heterocycles. The van der Waals surface area contributed by atoms with Crippen LogP contribution in [0.1, 0.15) is 49.0 Å². The number of fused-ring (bicyclic) bond motifs is 1. The van der Waals surface area contributed by atoms with Crippen molar-refractivity contribution in [2.75, 3.05) is 0 Å². The van der Waals surface area contributed by atoms with Gasteiger partial charge in [-0.05, 0) is 35.4 Å². The van der Waals surface area contributed by atoms with Gasteiger partial charge in [-0.25, -0.2) is 0 Å². The second kappa shape index (κ2) is 4.49. The lowest BCUT2D eigenvalue weighted by molar-refractivity contribution is 0.713. The van der Waals surface area contributed by atoms with E-state index >= 15 is 0 Å². The number of aromatic nitrogens is 2. The molecule has 1 aliphatic carbocycles. The first-order valence-corrected chi connectivity index (χ1v) is 6.99. The number of nitrogens with zero attached hydrogens (tertiary/aromatic N) is 2. The van der Waals surface area contributed by atoms with Gasteiger partial charge in [0.25, 0.3) is 0 Å². The third-order valence-electron chi connectivity index (χ3n) is 4.01. The summed E-state index contributed by atoms with van der Waals surface area (Å²) < 4.78 is 1.92. The van der Waals surface area contributed by atoms with E-state index in [0.29, 0.717) is 5.92 Å². The maximum atomic E-state index is 6.18. The molecule has 0 fully saturated rings. The van der Waals surface area contributed by atoms with Crippen LogP contribution in [0.3, 0.4) is 0 Å². The Hall–Kier alpha value is -1.61. The predicted octanol–water partition coefficient (Wildman–Crippen LogP) is 3.16. The topological polar surface area (TPSA) is 43.8 Å². The van der Waals surface area contributed by atoms with Crippen LogP contribution in [0.25, 0.3) is 11.1 Å². The van der Waals surface area contributed by atoms with E-state index in [1.807, 2.05) is 11.7 Å². The molecule has 1 atom stereocenters. The molecule has 1 unspecified atom stereocenters. The van der Waals surface area contributed by atoms with Crippen molar-refractivity contribution in [1.82, 2.24) is 9.78 Å². The lowest BCUT2D eigenvalue weighted by atomic mass is 9.94. The normalized spacial score (nSPS) is 18.1. The molecule has 2 aromatic rings. The molecule has 19 heavy (non-hydrogen) atoms. The lowest BCUT2D eigenvalue weighted by Crippen LogP contribution is -2.05. The van der Waals surface area contributed by atoms with Crippen molar-refractivity contribution >= 4 is 0 Å². The molecular formula is C16H21N3. The Labute approximate surface area is 114 Å². The highest BCUT2D eigenvalue weighted by atomic mass is 15.3. The van der Waals surface area contributed by atoms with E-state index in [0.717, 1.165) is 12.8 Å². The highest BCUT2D eigenvalue weighted by Crippen LogP contribution is 2.38. The average Bonchev–Trinajstić information content (AvgIpc) is 2.93. The van der Waals surface area contributed by atoms with E-state index in [-0.39, 0.29) is 6.04 Å². The van der Waals surface area contributed by atoms with Crippen molar-refractivity contribution in [3.05, 3.63) is 41.2 Å². The molecule has 0 saturated carbocycles. The summed E-state index contributed by atoms with van der Waals surface area (Å²) in [6, 6.07) is 6.70. The molecule has 0 spiro atoms. The maximum absolute atomic E-state index is 6.18. The Morgan fingerprint density at radius 1 is 1.32 bits per heavy atom. The molecular weight excluding hydrogens is 234 g/mol. The smallest absolute Gasteiger partial charge is 0.0728 e. The van der Waals surface area contributed by atoms with Crippen molar-refractivity contribution in [3.8, 4) is 11.1 Å². The van der Waals surface area contributed by atoms with E-state index in [1.54, 1.807) is 0 Å². The quantitative estimate of drug-likeness (QED) is 0.895. The number of rotatable bonds is 2. The molecule has 0 amide bonds. The zero-order valence-electron chi connectivity index (χ0n) is 11.9. The van der Waals surface area contributed by atoms with E-state index in [1.165, 1.54) is 27.9 Å². The Morgan fingerprint density at radius 2 is 2.11 bits per heavy atom. The Kier molecular flexibility index (Phi) is 2.94. The van der Waals surface area contributed by atoms with E-state index in [4.69, 9.17) is 5.73 Å². The standard InChI is InChI=1S/C16H21N3/c1-10(2)16-14(9-19(3)18-16)11-5-4-6-13-12(11)7-8-15(13)17/h4-6,9-10,15H,7-8,17H2,1-3H3. The SMILES string of the molecule is CC(C)c1nn(C)cc1-c1cccc2c1CCC2N. The Balaban J connectivity index is 2.19. The zero-order valence-corrected chi connectivity index (χ0v) is 11.9. The molecule has 1 aliphatic rings. The van der Waals surface area contributed by atoms with Gasteiger partial charge in [-0.3, -0.25) is 4.68 Å². The van der Waals surface area contributed by atoms with Crippen molar-refractivity contribution < 1.29 is 0 Å². The third-order valence-corrected chi connectivity index (χ3v) is 4.01. The van der Waals surface area contributed by atoms with E-state index < -0.39 is 0 Å². The summed E-state index contributed by atoms with van der Waals surface area (Å²) in [4.78, 5) is 0. The summed E-state index contributed by atoms with van der Waals surface area (Å²) in [7, 11) is 1.99. The lowest BCUT2D eigenvalue weighted by Gasteiger charge is -2.11. The summed E-state index contributed by atoms with van der Waals surface area (Å²) in [5.41, 5.74) is 12.7. The third kappa shape index (κ3) is 1.98. The second-order valence-corrected chi connectivity index (χ2v) is 5.77. The fourth-order valence-corrected chi connectivity index (χ4v) is 3.08. The van der Waals surface area contributed by atoms with Crippen LogP contribution in [0.15, 0.2) is 24.4 Å². The monoisotopic (exact) mass is 255 g/mol. The molecule has 3 heteroatoms. The summed E-state index contributed by atoms with van der Waals surface area (Å²) >= 11 is 0. The maximum Gasteiger partial charge on any atom is 0.0728 e. The van der Waals surface area contributed by atoms with Crippen LogP contribution in [0.4, 0.5) is 0 Å². The molecule has 3 rings (SSSR count). The molecule has 1 heterocycles. The van der Waals surface area contributed by atoms with Crippen LogP contribution in [0, 0.1) is 0 Å². The zero-order chi connectivity index (χ0) is 13.6. The van der Waals surface area contributed by atoms with Gasteiger partial charge in [0.1, 0.15) is 0 Å². The summed E-state index contributed by atoms with van der Waals surface area (Å²) in [5.74, 6) is 0.433. The number of benzene rings is 1. The predicted molar refractivity (Wildman–Crippen MR) is 78.0 cm³/mol. The van der Waals surface area contributed by atoms with Gasteiger partial charge in [-0.1, -0.05) is 32.0 Å². The molecule has 0 saturated heterocycles. The van der Waals surface area contributed by atoms with Crippen LogP contribution in [-0.4, -0.2) is 9.78 Å².